The van der Waals surface area contributed by atoms with Gasteiger partial charge in [0.2, 0.25) is 0 Å². The average Bonchev–Trinajstić information content (AvgIpc) is 2.80. The maximum atomic E-state index is 12.4. The van der Waals surface area contributed by atoms with E-state index >= 15 is 0 Å². The average molecular weight is 420 g/mol. The minimum atomic E-state index is -0.721. The van der Waals surface area contributed by atoms with Crippen LogP contribution in [0.5, 0.6) is 17.2 Å². The molecule has 3 rings (SSSR count). The van der Waals surface area contributed by atoms with Gasteiger partial charge in [-0.15, -0.1) is 0 Å². The Kier molecular flexibility index (Phi) is 7.11. The molecule has 7 heteroatoms. The van der Waals surface area contributed by atoms with E-state index in [9.17, 15) is 9.59 Å². The summed E-state index contributed by atoms with van der Waals surface area (Å²) in [6.45, 7) is 1.66. The van der Waals surface area contributed by atoms with Crippen molar-refractivity contribution < 1.29 is 23.8 Å². The Balaban J connectivity index is 1.54. The zero-order valence-electron chi connectivity index (χ0n) is 17.5. The van der Waals surface area contributed by atoms with E-state index in [1.165, 1.54) is 0 Å². The third-order valence-corrected chi connectivity index (χ3v) is 4.50. The molecule has 0 radical (unpaired) electrons. The fourth-order valence-corrected chi connectivity index (χ4v) is 2.74. The molecule has 0 saturated heterocycles. The summed E-state index contributed by atoms with van der Waals surface area (Å²) in [7, 11) is 3.16. The van der Waals surface area contributed by atoms with Gasteiger partial charge in [-0.3, -0.25) is 9.59 Å². The highest BCUT2D eigenvalue weighted by atomic mass is 16.5. The van der Waals surface area contributed by atoms with Crippen molar-refractivity contribution in [2.75, 3.05) is 24.9 Å². The minimum Gasteiger partial charge on any atom is -0.497 e. The zero-order valence-corrected chi connectivity index (χ0v) is 17.5. The first kappa shape index (κ1) is 21.7. The van der Waals surface area contributed by atoms with E-state index < -0.39 is 6.10 Å². The van der Waals surface area contributed by atoms with Crippen LogP contribution in [0.2, 0.25) is 0 Å². The fraction of sp³-hybridized carbons (Fsp3) is 0.167. The molecule has 0 heterocycles. The number of ether oxygens (including phenoxy) is 3. The Labute approximate surface area is 180 Å². The van der Waals surface area contributed by atoms with E-state index in [0.717, 1.165) is 0 Å². The Morgan fingerprint density at radius 1 is 0.677 bits per heavy atom. The second-order valence-corrected chi connectivity index (χ2v) is 6.68. The number of amides is 2. The molecule has 31 heavy (non-hydrogen) atoms. The molecule has 0 spiro atoms. The van der Waals surface area contributed by atoms with E-state index in [1.54, 1.807) is 93.9 Å². The van der Waals surface area contributed by atoms with E-state index in [-0.39, 0.29) is 11.8 Å². The number of hydrogen-bond donors (Lipinski definition) is 2. The summed E-state index contributed by atoms with van der Waals surface area (Å²) in [5.74, 6) is 1.37. The van der Waals surface area contributed by atoms with Crippen LogP contribution in [0.4, 0.5) is 11.4 Å². The third kappa shape index (κ3) is 5.99. The van der Waals surface area contributed by atoms with Crippen molar-refractivity contribution in [3.8, 4) is 17.2 Å². The fourth-order valence-electron chi connectivity index (χ4n) is 2.74. The molecule has 2 N–H and O–H groups in total. The van der Waals surface area contributed by atoms with Gasteiger partial charge >= 0.3 is 0 Å². The molecule has 160 valence electrons. The van der Waals surface area contributed by atoms with Gasteiger partial charge in [0.1, 0.15) is 17.2 Å². The van der Waals surface area contributed by atoms with Crippen LogP contribution < -0.4 is 24.8 Å². The van der Waals surface area contributed by atoms with Crippen LogP contribution in [-0.4, -0.2) is 32.1 Å². The highest BCUT2D eigenvalue weighted by Crippen LogP contribution is 2.19. The molecule has 0 saturated carbocycles. The van der Waals surface area contributed by atoms with Gasteiger partial charge in [0.25, 0.3) is 11.8 Å². The molecule has 0 aliphatic carbocycles. The van der Waals surface area contributed by atoms with Crippen LogP contribution in [0.3, 0.4) is 0 Å². The summed E-state index contributed by atoms with van der Waals surface area (Å²) < 4.78 is 15.9. The Hall–Kier alpha value is -4.00. The number of benzene rings is 3. The molecular formula is C24H24N2O5. The molecule has 0 bridgehead atoms. The number of carbonyl (C=O) groups excluding carboxylic acids is 2. The van der Waals surface area contributed by atoms with E-state index in [0.29, 0.717) is 34.2 Å². The predicted octanol–water partition coefficient (Wildman–Crippen LogP) is 4.36. The topological polar surface area (TPSA) is 85.9 Å². The lowest BCUT2D eigenvalue weighted by atomic mass is 10.2. The van der Waals surface area contributed by atoms with Gasteiger partial charge in [-0.1, -0.05) is 0 Å². The van der Waals surface area contributed by atoms with Gasteiger partial charge in [0, 0.05) is 16.9 Å². The summed E-state index contributed by atoms with van der Waals surface area (Å²) in [6.07, 6.45) is -0.721. The number of carbonyl (C=O) groups is 2. The summed E-state index contributed by atoms with van der Waals surface area (Å²) in [6, 6.07) is 20.7. The van der Waals surface area contributed by atoms with Crippen LogP contribution in [-0.2, 0) is 4.79 Å². The lowest BCUT2D eigenvalue weighted by molar-refractivity contribution is -0.122. The summed E-state index contributed by atoms with van der Waals surface area (Å²) >= 11 is 0. The molecule has 2 amide bonds. The smallest absolute Gasteiger partial charge is 0.265 e. The third-order valence-electron chi connectivity index (χ3n) is 4.50. The van der Waals surface area contributed by atoms with Crippen molar-refractivity contribution >= 4 is 23.2 Å². The lowest BCUT2D eigenvalue weighted by Gasteiger charge is -2.15. The summed E-state index contributed by atoms with van der Waals surface area (Å²) in [4.78, 5) is 24.8. The normalized spacial score (nSPS) is 11.2. The Morgan fingerprint density at radius 3 is 1.61 bits per heavy atom. The second-order valence-electron chi connectivity index (χ2n) is 6.68. The van der Waals surface area contributed by atoms with Crippen molar-refractivity contribution in [1.29, 1.82) is 0 Å². The highest BCUT2D eigenvalue weighted by Gasteiger charge is 2.15. The number of nitrogens with one attached hydrogen (secondary N) is 2. The summed E-state index contributed by atoms with van der Waals surface area (Å²) in [5, 5.41) is 5.60. The van der Waals surface area contributed by atoms with Crippen LogP contribution in [0.15, 0.2) is 72.8 Å². The molecule has 7 nitrogen and oxygen atoms in total. The largest absolute Gasteiger partial charge is 0.497 e. The maximum Gasteiger partial charge on any atom is 0.265 e. The Bertz CT molecular complexity index is 1020. The number of rotatable bonds is 8. The van der Waals surface area contributed by atoms with Gasteiger partial charge in [-0.2, -0.15) is 0 Å². The molecular weight excluding hydrogens is 396 g/mol. The second kappa shape index (κ2) is 10.2. The molecule has 0 aliphatic heterocycles. The first-order chi connectivity index (χ1) is 15.0. The SMILES string of the molecule is COc1ccc(NC(=O)c2ccc(O[C@@H](C)C(=O)Nc3ccc(OC)cc3)cc2)cc1. The number of methoxy groups -OCH3 is 2. The summed E-state index contributed by atoms with van der Waals surface area (Å²) in [5.41, 5.74) is 1.78. The monoisotopic (exact) mass is 420 g/mol. The van der Waals surface area contributed by atoms with Gasteiger partial charge < -0.3 is 24.8 Å². The van der Waals surface area contributed by atoms with Crippen molar-refractivity contribution in [2.45, 2.75) is 13.0 Å². The van der Waals surface area contributed by atoms with E-state index in [4.69, 9.17) is 14.2 Å². The van der Waals surface area contributed by atoms with Crippen LogP contribution in [0.25, 0.3) is 0 Å². The van der Waals surface area contributed by atoms with Gasteiger partial charge in [-0.05, 0) is 79.7 Å². The highest BCUT2D eigenvalue weighted by molar-refractivity contribution is 6.04. The molecule has 3 aromatic rings. The van der Waals surface area contributed by atoms with Crippen molar-refractivity contribution in [2.24, 2.45) is 0 Å². The van der Waals surface area contributed by atoms with Gasteiger partial charge in [0.15, 0.2) is 6.10 Å². The lowest BCUT2D eigenvalue weighted by Crippen LogP contribution is -2.30. The molecule has 1 atom stereocenters. The first-order valence-electron chi connectivity index (χ1n) is 9.65. The quantitative estimate of drug-likeness (QED) is 0.565. The molecule has 0 aromatic heterocycles. The number of anilines is 2. The van der Waals surface area contributed by atoms with Crippen molar-refractivity contribution in [1.82, 2.24) is 0 Å². The van der Waals surface area contributed by atoms with Crippen LogP contribution >= 0.6 is 0 Å². The molecule has 3 aromatic carbocycles. The zero-order chi connectivity index (χ0) is 22.2. The maximum absolute atomic E-state index is 12.4. The molecule has 0 unspecified atom stereocenters. The predicted molar refractivity (Wildman–Crippen MR) is 119 cm³/mol. The van der Waals surface area contributed by atoms with Gasteiger partial charge in [-0.25, -0.2) is 0 Å². The standard InChI is InChI=1S/C24H24N2O5/c1-16(23(27)25-18-6-12-20(29-2)13-7-18)31-22-10-4-17(5-11-22)24(28)26-19-8-14-21(30-3)15-9-19/h4-16H,1-3H3,(H,25,27)(H,26,28)/t16-/m0/s1. The van der Waals surface area contributed by atoms with Crippen LogP contribution in [0, 0.1) is 0 Å². The van der Waals surface area contributed by atoms with Crippen LogP contribution in [0.1, 0.15) is 17.3 Å². The molecule has 0 aliphatic rings. The minimum absolute atomic E-state index is 0.248. The first-order valence-corrected chi connectivity index (χ1v) is 9.65. The Morgan fingerprint density at radius 2 is 1.13 bits per heavy atom. The van der Waals surface area contributed by atoms with E-state index in [1.807, 2.05) is 0 Å². The van der Waals surface area contributed by atoms with Gasteiger partial charge in [0.05, 0.1) is 14.2 Å². The molecule has 0 fully saturated rings. The van der Waals surface area contributed by atoms with Crippen molar-refractivity contribution in [3.63, 3.8) is 0 Å². The van der Waals surface area contributed by atoms with E-state index in [2.05, 4.69) is 10.6 Å². The number of hydrogen-bond acceptors (Lipinski definition) is 5. The van der Waals surface area contributed by atoms with Crippen molar-refractivity contribution in [3.05, 3.63) is 78.4 Å².